The highest BCUT2D eigenvalue weighted by Gasteiger charge is 2.54. The van der Waals surface area contributed by atoms with Crippen LogP contribution in [-0.4, -0.2) is 104 Å². The zero-order valence-electron chi connectivity index (χ0n) is 19.5. The molecule has 0 unspecified atom stereocenters. The smallest absolute Gasteiger partial charge is 0.352 e. The molecule has 0 aliphatic carbocycles. The number of carbonyl (C=O) groups excluding carboxylic acids is 3. The van der Waals surface area contributed by atoms with E-state index in [1.165, 1.54) is 28.1 Å². The van der Waals surface area contributed by atoms with Crippen LogP contribution in [0.25, 0.3) is 0 Å². The highest BCUT2D eigenvalue weighted by molar-refractivity contribution is 8.00. The summed E-state index contributed by atoms with van der Waals surface area (Å²) >= 11 is 2.18. The number of thioether (sulfide) groups is 1. The van der Waals surface area contributed by atoms with Gasteiger partial charge in [-0.2, -0.15) is 0 Å². The number of nitrogens with one attached hydrogen (secondary N) is 1. The van der Waals surface area contributed by atoms with Crippen molar-refractivity contribution in [1.29, 1.82) is 0 Å². The molecule has 3 aliphatic rings. The molecule has 3 amide bonds. The van der Waals surface area contributed by atoms with Crippen molar-refractivity contribution < 1.29 is 43.4 Å². The molecular formula is C21H21FN6O8S2. The molecule has 0 spiro atoms. The van der Waals surface area contributed by atoms with Crippen LogP contribution < -0.4 is 11.1 Å². The number of carbonyl (C=O) groups is 5. The summed E-state index contributed by atoms with van der Waals surface area (Å²) in [6.07, 6.45) is 1.76. The first-order valence-electron chi connectivity index (χ1n) is 11.0. The Morgan fingerprint density at radius 1 is 1.34 bits per heavy atom. The van der Waals surface area contributed by atoms with Gasteiger partial charge >= 0.3 is 11.9 Å². The Balaban J connectivity index is 1.53. The summed E-state index contributed by atoms with van der Waals surface area (Å²) < 4.78 is 12.7. The lowest BCUT2D eigenvalue weighted by Crippen LogP contribution is -2.71. The third-order valence-corrected chi connectivity index (χ3v) is 7.70. The van der Waals surface area contributed by atoms with Gasteiger partial charge in [0.1, 0.15) is 29.5 Å². The van der Waals surface area contributed by atoms with E-state index in [1.807, 2.05) is 0 Å². The number of aliphatic carboxylic acids is 2. The summed E-state index contributed by atoms with van der Waals surface area (Å²) in [5.74, 6) is -4.57. The number of aromatic nitrogens is 1. The molecule has 17 heteroatoms. The summed E-state index contributed by atoms with van der Waals surface area (Å²) in [4.78, 5) is 72.2. The van der Waals surface area contributed by atoms with Gasteiger partial charge in [-0.15, -0.1) is 23.1 Å². The summed E-state index contributed by atoms with van der Waals surface area (Å²) in [6, 6.07) is -1.12. The van der Waals surface area contributed by atoms with E-state index in [0.29, 0.717) is 18.5 Å². The Morgan fingerprint density at radius 2 is 2.11 bits per heavy atom. The van der Waals surface area contributed by atoms with Gasteiger partial charge in [-0.05, 0) is 18.1 Å². The molecule has 2 fully saturated rings. The van der Waals surface area contributed by atoms with Crippen LogP contribution in [0, 0.1) is 0 Å². The van der Waals surface area contributed by atoms with E-state index >= 15 is 0 Å². The number of β-lactam (4-membered cyclic amide) rings is 1. The molecule has 3 aliphatic heterocycles. The van der Waals surface area contributed by atoms with Crippen LogP contribution in [0.5, 0.6) is 0 Å². The molecule has 0 radical (unpaired) electrons. The lowest BCUT2D eigenvalue weighted by molar-refractivity contribution is -0.150. The predicted molar refractivity (Wildman–Crippen MR) is 132 cm³/mol. The van der Waals surface area contributed by atoms with Crippen LogP contribution in [0.4, 0.5) is 9.52 Å². The number of carboxylic acid groups (broad SMARTS) is 2. The number of oxime groups is 1. The molecule has 0 aromatic carbocycles. The fourth-order valence-corrected chi connectivity index (χ4v) is 5.90. The summed E-state index contributed by atoms with van der Waals surface area (Å²) in [7, 11) is 0. The lowest BCUT2D eigenvalue weighted by atomic mass is 10.0. The number of rotatable bonds is 10. The second-order valence-corrected chi connectivity index (χ2v) is 10.1. The van der Waals surface area contributed by atoms with Crippen molar-refractivity contribution in [2.75, 3.05) is 37.9 Å². The van der Waals surface area contributed by atoms with Crippen molar-refractivity contribution in [3.63, 3.8) is 0 Å². The van der Waals surface area contributed by atoms with Crippen LogP contribution in [0.15, 0.2) is 33.5 Å². The number of likely N-dealkylation sites (tertiary alicyclic amines) is 1. The van der Waals surface area contributed by atoms with Crippen molar-refractivity contribution >= 4 is 63.6 Å². The predicted octanol–water partition coefficient (Wildman–Crippen LogP) is -0.603. The number of nitrogens with two attached hydrogens (primary N) is 1. The molecular weight excluding hydrogens is 547 g/mol. The normalized spacial score (nSPS) is 22.4. The first kappa shape index (κ1) is 27.1. The maximum atomic E-state index is 13.0. The molecule has 14 nitrogen and oxygen atoms in total. The number of carboxylic acids is 2. The number of halogens is 1. The van der Waals surface area contributed by atoms with E-state index in [2.05, 4.69) is 20.3 Å². The van der Waals surface area contributed by atoms with Gasteiger partial charge < -0.3 is 31.0 Å². The molecule has 4 rings (SSSR count). The van der Waals surface area contributed by atoms with Crippen molar-refractivity contribution in [2.45, 2.75) is 17.8 Å². The highest BCUT2D eigenvalue weighted by Crippen LogP contribution is 2.41. The van der Waals surface area contributed by atoms with Gasteiger partial charge in [0.2, 0.25) is 12.5 Å². The van der Waals surface area contributed by atoms with Crippen molar-refractivity contribution in [1.82, 2.24) is 20.1 Å². The molecule has 0 bridgehead atoms. The van der Waals surface area contributed by atoms with Crippen LogP contribution in [0.3, 0.4) is 0 Å². The van der Waals surface area contributed by atoms with Gasteiger partial charge in [-0.25, -0.2) is 19.0 Å². The minimum atomic E-state index is -1.38. The molecule has 38 heavy (non-hydrogen) atoms. The molecule has 1 aromatic rings. The number of thiazole rings is 1. The van der Waals surface area contributed by atoms with E-state index in [1.54, 1.807) is 0 Å². The van der Waals surface area contributed by atoms with Crippen molar-refractivity contribution in [2.24, 2.45) is 5.16 Å². The molecule has 0 saturated carbocycles. The Kier molecular flexibility index (Phi) is 7.96. The second-order valence-electron chi connectivity index (χ2n) is 8.12. The zero-order valence-corrected chi connectivity index (χ0v) is 21.1. The monoisotopic (exact) mass is 568 g/mol. The largest absolute Gasteiger partial charge is 0.479 e. The minimum Gasteiger partial charge on any atom is -0.479 e. The van der Waals surface area contributed by atoms with E-state index in [0.717, 1.165) is 16.2 Å². The topological polar surface area (TPSA) is 205 Å². The summed E-state index contributed by atoms with van der Waals surface area (Å²) in [6.45, 7) is -1.25. The Morgan fingerprint density at radius 3 is 2.74 bits per heavy atom. The third-order valence-electron chi connectivity index (χ3n) is 5.73. The number of anilines is 1. The number of hydrogen-bond acceptors (Lipinski definition) is 11. The van der Waals surface area contributed by atoms with Gasteiger partial charge in [-0.1, -0.05) is 5.16 Å². The van der Waals surface area contributed by atoms with Gasteiger partial charge in [-0.3, -0.25) is 19.3 Å². The second kappa shape index (κ2) is 11.2. The zero-order chi connectivity index (χ0) is 27.6. The Bertz CT molecular complexity index is 1290. The summed E-state index contributed by atoms with van der Waals surface area (Å²) in [5.41, 5.74) is 5.46. The maximum Gasteiger partial charge on any atom is 0.352 e. The van der Waals surface area contributed by atoms with Crippen LogP contribution in [0.1, 0.15) is 12.1 Å². The number of nitrogen functional groups attached to an aromatic ring is 1. The van der Waals surface area contributed by atoms with Crippen molar-refractivity contribution in [3.8, 4) is 0 Å². The lowest BCUT2D eigenvalue weighted by Gasteiger charge is -2.49. The van der Waals surface area contributed by atoms with Crippen LogP contribution >= 0.6 is 23.1 Å². The quantitative estimate of drug-likeness (QED) is 0.121. The number of amides is 3. The van der Waals surface area contributed by atoms with E-state index in [9.17, 15) is 33.5 Å². The average molecular weight is 569 g/mol. The number of alkyl halides is 1. The molecule has 2 atom stereocenters. The molecule has 5 N–H and O–H groups in total. The molecule has 2 saturated heterocycles. The molecule has 1 aromatic heterocycles. The van der Waals surface area contributed by atoms with Crippen molar-refractivity contribution in [3.05, 3.63) is 34.0 Å². The van der Waals surface area contributed by atoms with Gasteiger partial charge in [0, 0.05) is 29.8 Å². The van der Waals surface area contributed by atoms with E-state index in [-0.39, 0.29) is 40.3 Å². The van der Waals surface area contributed by atoms with Crippen LogP contribution in [-0.2, 0) is 28.8 Å². The van der Waals surface area contributed by atoms with Gasteiger partial charge in [0.05, 0.1) is 0 Å². The Hall–Kier alpha value is -3.99. The number of nitrogens with zero attached hydrogens (tertiary/aromatic N) is 4. The fraction of sp³-hybridized carbons (Fsp3) is 0.381. The maximum absolute atomic E-state index is 13.0. The number of fused-ring (bicyclic) bond motifs is 1. The SMILES string of the molecule is Nc1nc(C(=NOCC(=O)O)C(=O)N[C@@H]2C(=O)N3C(C(=O)O)=C(C=C4CCN(CCF)C4=O)CS[C@H]23)cs1. The van der Waals surface area contributed by atoms with E-state index < -0.39 is 54.2 Å². The Labute approximate surface area is 222 Å². The first-order valence-corrected chi connectivity index (χ1v) is 13.0. The minimum absolute atomic E-state index is 0.00150. The van der Waals surface area contributed by atoms with Gasteiger partial charge in [0.25, 0.3) is 11.8 Å². The first-order chi connectivity index (χ1) is 18.1. The number of allylic oxidation sites excluding steroid dienone is 1. The molecule has 4 heterocycles. The van der Waals surface area contributed by atoms with Gasteiger partial charge in [0.15, 0.2) is 10.8 Å². The fourth-order valence-electron chi connectivity index (χ4n) is 4.04. The average Bonchev–Trinajstić information content (AvgIpc) is 3.45. The highest BCUT2D eigenvalue weighted by atomic mass is 32.2. The van der Waals surface area contributed by atoms with E-state index in [4.69, 9.17) is 10.8 Å². The van der Waals surface area contributed by atoms with Crippen LogP contribution in [0.2, 0.25) is 0 Å². The summed E-state index contributed by atoms with van der Waals surface area (Å²) in [5, 5.41) is 25.4. The standard InChI is InChI=1S/C21H21FN6O8S2/c22-2-4-27-3-1-9(17(27)32)5-10-7-37-19-14(18(33)28(19)15(10)20(34)35)25-16(31)13(26-36-6-12(29)30)11-8-38-21(23)24-11/h5,8,14,19H,1-4,6-7H2,(H2,23,24)(H,25,31)(H,29,30)(H,34,35)/t14-,19-/m1/s1. The molecule has 202 valence electrons. The third kappa shape index (κ3) is 5.33. The number of hydrogen-bond donors (Lipinski definition) is 4.